The van der Waals surface area contributed by atoms with Crippen LogP contribution in [0.3, 0.4) is 0 Å². The van der Waals surface area contributed by atoms with E-state index in [1.165, 1.54) is 84.2 Å². The molecule has 0 aromatic heterocycles. The summed E-state index contributed by atoms with van der Waals surface area (Å²) in [6.45, 7) is 19.5. The molecule has 29 heavy (non-hydrogen) atoms. The van der Waals surface area contributed by atoms with E-state index in [0.717, 1.165) is 31.5 Å². The molecule has 0 aromatic rings. The second-order valence-electron chi connectivity index (χ2n) is 9.41. The first kappa shape index (κ1) is 27.0. The molecule has 2 N–H and O–H groups in total. The largest absolute Gasteiger partial charge is 0.357 e. The highest BCUT2D eigenvalue weighted by atomic mass is 127. The molecule has 2 rings (SSSR count). The van der Waals surface area contributed by atoms with Gasteiger partial charge in [0.2, 0.25) is 0 Å². The molecule has 0 bridgehead atoms. The molecular formula is C23H48IN5. The molecule has 1 saturated heterocycles. The zero-order valence-corrected chi connectivity index (χ0v) is 22.0. The van der Waals surface area contributed by atoms with Crippen LogP contribution in [0.4, 0.5) is 0 Å². The number of unbranched alkanes of at least 4 members (excludes halogenated alkanes) is 1. The van der Waals surface area contributed by atoms with Crippen molar-refractivity contribution in [2.75, 3.05) is 58.9 Å². The fourth-order valence-corrected chi connectivity index (χ4v) is 5.00. The predicted octanol–water partition coefficient (Wildman–Crippen LogP) is 4.18. The summed E-state index contributed by atoms with van der Waals surface area (Å²) < 4.78 is 0. The van der Waals surface area contributed by atoms with E-state index in [2.05, 4.69) is 48.1 Å². The molecule has 1 heterocycles. The van der Waals surface area contributed by atoms with E-state index in [9.17, 15) is 0 Å². The maximum atomic E-state index is 5.00. The molecule has 0 spiro atoms. The third-order valence-corrected chi connectivity index (χ3v) is 6.53. The van der Waals surface area contributed by atoms with Crippen molar-refractivity contribution in [2.24, 2.45) is 16.3 Å². The summed E-state index contributed by atoms with van der Waals surface area (Å²) in [6, 6.07) is 0. The topological polar surface area (TPSA) is 42.9 Å². The summed E-state index contributed by atoms with van der Waals surface area (Å²) in [5.74, 6) is 1.79. The Hall–Kier alpha value is -0.0800. The molecule has 2 fully saturated rings. The Morgan fingerprint density at radius 1 is 0.966 bits per heavy atom. The van der Waals surface area contributed by atoms with Crippen molar-refractivity contribution in [2.45, 2.75) is 72.6 Å². The van der Waals surface area contributed by atoms with Crippen LogP contribution in [0.5, 0.6) is 0 Å². The van der Waals surface area contributed by atoms with Gasteiger partial charge in [0.25, 0.3) is 0 Å². The second-order valence-corrected chi connectivity index (χ2v) is 9.41. The average Bonchev–Trinajstić information content (AvgIpc) is 3.14. The molecule has 0 unspecified atom stereocenters. The standard InChI is InChI=1S/C23H47N5.HI/c1-5-24-22(26-20-23(19-21(3)4)11-7-8-12-23)25-13-9-10-14-28-17-15-27(6-2)16-18-28;/h21H,5-20H2,1-4H3,(H2,24,25,26);1H. The van der Waals surface area contributed by atoms with E-state index in [4.69, 9.17) is 4.99 Å². The van der Waals surface area contributed by atoms with E-state index in [1.807, 2.05) is 0 Å². The molecule has 1 saturated carbocycles. The Bertz CT molecular complexity index is 441. The summed E-state index contributed by atoms with van der Waals surface area (Å²) in [4.78, 5) is 10.2. The van der Waals surface area contributed by atoms with Gasteiger partial charge in [-0.3, -0.25) is 4.99 Å². The highest BCUT2D eigenvalue weighted by Crippen LogP contribution is 2.43. The van der Waals surface area contributed by atoms with E-state index >= 15 is 0 Å². The predicted molar refractivity (Wildman–Crippen MR) is 138 cm³/mol. The molecule has 6 heteroatoms. The average molecular weight is 522 g/mol. The lowest BCUT2D eigenvalue weighted by Crippen LogP contribution is -2.46. The number of rotatable bonds is 11. The fourth-order valence-electron chi connectivity index (χ4n) is 5.00. The zero-order valence-electron chi connectivity index (χ0n) is 19.6. The van der Waals surface area contributed by atoms with Crippen LogP contribution < -0.4 is 10.6 Å². The van der Waals surface area contributed by atoms with Crippen molar-refractivity contribution >= 4 is 29.9 Å². The molecule has 0 radical (unpaired) electrons. The van der Waals surface area contributed by atoms with Crippen LogP contribution in [0, 0.1) is 11.3 Å². The Labute approximate surface area is 197 Å². The fraction of sp³-hybridized carbons (Fsp3) is 0.957. The van der Waals surface area contributed by atoms with Gasteiger partial charge in [-0.1, -0.05) is 33.6 Å². The van der Waals surface area contributed by atoms with Gasteiger partial charge >= 0.3 is 0 Å². The molecule has 0 atom stereocenters. The summed E-state index contributed by atoms with van der Waals surface area (Å²) in [7, 11) is 0. The van der Waals surface area contributed by atoms with Crippen LogP contribution >= 0.6 is 24.0 Å². The zero-order chi connectivity index (χ0) is 20.2. The maximum Gasteiger partial charge on any atom is 0.191 e. The van der Waals surface area contributed by atoms with Crippen molar-refractivity contribution in [1.82, 2.24) is 20.4 Å². The van der Waals surface area contributed by atoms with Crippen LogP contribution in [-0.4, -0.2) is 74.7 Å². The van der Waals surface area contributed by atoms with E-state index in [-0.39, 0.29) is 24.0 Å². The van der Waals surface area contributed by atoms with Gasteiger partial charge in [-0.2, -0.15) is 0 Å². The highest BCUT2D eigenvalue weighted by molar-refractivity contribution is 14.0. The number of guanidine groups is 1. The van der Waals surface area contributed by atoms with E-state index in [0.29, 0.717) is 5.41 Å². The minimum Gasteiger partial charge on any atom is -0.357 e. The highest BCUT2D eigenvalue weighted by Gasteiger charge is 2.34. The number of nitrogens with one attached hydrogen (secondary N) is 2. The number of nitrogens with zero attached hydrogens (tertiary/aromatic N) is 3. The van der Waals surface area contributed by atoms with Crippen LogP contribution in [0.25, 0.3) is 0 Å². The Morgan fingerprint density at radius 2 is 1.62 bits per heavy atom. The monoisotopic (exact) mass is 521 g/mol. The van der Waals surface area contributed by atoms with Crippen molar-refractivity contribution in [3.8, 4) is 0 Å². The number of hydrogen-bond acceptors (Lipinski definition) is 3. The molecule has 0 amide bonds. The quantitative estimate of drug-likeness (QED) is 0.185. The normalized spacial score (nSPS) is 20.7. The van der Waals surface area contributed by atoms with Crippen LogP contribution in [0.15, 0.2) is 4.99 Å². The van der Waals surface area contributed by atoms with Gasteiger partial charge in [-0.05, 0) is 63.5 Å². The third-order valence-electron chi connectivity index (χ3n) is 6.53. The van der Waals surface area contributed by atoms with Gasteiger partial charge in [0.1, 0.15) is 0 Å². The summed E-state index contributed by atoms with van der Waals surface area (Å²) in [6.07, 6.45) is 9.31. The van der Waals surface area contributed by atoms with Crippen molar-refractivity contribution in [3.63, 3.8) is 0 Å². The molecule has 2 aliphatic rings. The molecule has 0 aromatic carbocycles. The van der Waals surface area contributed by atoms with Gasteiger partial charge in [0.05, 0.1) is 0 Å². The van der Waals surface area contributed by atoms with E-state index < -0.39 is 0 Å². The smallest absolute Gasteiger partial charge is 0.191 e. The van der Waals surface area contributed by atoms with E-state index in [1.54, 1.807) is 0 Å². The molecule has 1 aliphatic carbocycles. The SMILES string of the molecule is CCNC(=NCC1(CC(C)C)CCCC1)NCCCCN1CCN(CC)CC1.I. The first-order chi connectivity index (χ1) is 13.6. The summed E-state index contributed by atoms with van der Waals surface area (Å²) in [5.41, 5.74) is 0.456. The minimum absolute atomic E-state index is 0. The maximum absolute atomic E-state index is 5.00. The van der Waals surface area contributed by atoms with Crippen LogP contribution in [-0.2, 0) is 0 Å². The lowest BCUT2D eigenvalue weighted by Gasteiger charge is -2.34. The van der Waals surface area contributed by atoms with Gasteiger partial charge < -0.3 is 20.4 Å². The van der Waals surface area contributed by atoms with Crippen molar-refractivity contribution in [3.05, 3.63) is 0 Å². The molecule has 172 valence electrons. The number of likely N-dealkylation sites (N-methyl/N-ethyl adjacent to an activating group) is 1. The lowest BCUT2D eigenvalue weighted by molar-refractivity contribution is 0.136. The third kappa shape index (κ3) is 10.2. The van der Waals surface area contributed by atoms with Gasteiger partial charge in [0.15, 0.2) is 5.96 Å². The summed E-state index contributed by atoms with van der Waals surface area (Å²) >= 11 is 0. The lowest BCUT2D eigenvalue weighted by atomic mass is 9.78. The van der Waals surface area contributed by atoms with Gasteiger partial charge in [0, 0.05) is 45.8 Å². The minimum atomic E-state index is 0. The number of piperazine rings is 1. The number of halogens is 1. The van der Waals surface area contributed by atoms with Crippen molar-refractivity contribution < 1.29 is 0 Å². The second kappa shape index (κ2) is 14.8. The molecule has 5 nitrogen and oxygen atoms in total. The summed E-state index contributed by atoms with van der Waals surface area (Å²) in [5, 5.41) is 7.03. The first-order valence-electron chi connectivity index (χ1n) is 12.0. The first-order valence-corrected chi connectivity index (χ1v) is 12.0. The van der Waals surface area contributed by atoms with Crippen molar-refractivity contribution in [1.29, 1.82) is 0 Å². The number of aliphatic imine (C=N–C) groups is 1. The Kier molecular flexibility index (Phi) is 13.8. The molecular weight excluding hydrogens is 473 g/mol. The Morgan fingerprint density at radius 3 is 2.21 bits per heavy atom. The molecule has 1 aliphatic heterocycles. The van der Waals surface area contributed by atoms with Gasteiger partial charge in [-0.15, -0.1) is 24.0 Å². The number of hydrogen-bond donors (Lipinski definition) is 2. The Balaban J connectivity index is 0.00000420. The van der Waals surface area contributed by atoms with Gasteiger partial charge in [-0.25, -0.2) is 0 Å². The van der Waals surface area contributed by atoms with Crippen LogP contribution in [0.1, 0.15) is 72.6 Å². The van der Waals surface area contributed by atoms with Crippen LogP contribution in [0.2, 0.25) is 0 Å².